The minimum absolute atomic E-state index is 0.872. The number of anilines is 3. The molecule has 258 valence electrons. The zero-order valence-corrected chi connectivity index (χ0v) is 29.9. The molecule has 0 amide bonds. The van der Waals surface area contributed by atoms with Crippen molar-refractivity contribution in [2.45, 2.75) is 0 Å². The van der Waals surface area contributed by atoms with Crippen LogP contribution in [-0.4, -0.2) is 4.57 Å². The molecular formula is C52H34N2O. The second-order valence-electron chi connectivity index (χ2n) is 14.1. The number of rotatable bonds is 6. The van der Waals surface area contributed by atoms with Gasteiger partial charge in [-0.1, -0.05) is 146 Å². The highest BCUT2D eigenvalue weighted by atomic mass is 16.3. The summed E-state index contributed by atoms with van der Waals surface area (Å²) in [4.78, 5) is 2.45. The van der Waals surface area contributed by atoms with Crippen LogP contribution in [0.15, 0.2) is 211 Å². The Balaban J connectivity index is 1.27. The van der Waals surface area contributed by atoms with Crippen molar-refractivity contribution in [1.29, 1.82) is 0 Å². The fourth-order valence-electron chi connectivity index (χ4n) is 8.54. The maximum absolute atomic E-state index is 6.97. The lowest BCUT2D eigenvalue weighted by atomic mass is 9.97. The molecule has 3 heteroatoms. The SMILES string of the molecule is c1ccc(-c2ccc(N(c3ccc(-c4ccccc4)c4oc5ccc6ccccc6c5c34)c3cccc4c3c3ccccc3n4-c3ccccc3)cc2)cc1. The molecule has 0 aliphatic heterocycles. The molecule has 0 bridgehead atoms. The van der Waals surface area contributed by atoms with E-state index in [-0.39, 0.29) is 0 Å². The van der Waals surface area contributed by atoms with Gasteiger partial charge in [0.25, 0.3) is 0 Å². The third kappa shape index (κ3) is 4.98. The number of para-hydroxylation sites is 2. The molecule has 2 aromatic heterocycles. The van der Waals surface area contributed by atoms with E-state index in [0.29, 0.717) is 0 Å². The largest absolute Gasteiger partial charge is 0.455 e. The van der Waals surface area contributed by atoms with Gasteiger partial charge >= 0.3 is 0 Å². The average molecular weight is 703 g/mol. The fraction of sp³-hybridized carbons (Fsp3) is 0. The van der Waals surface area contributed by atoms with E-state index in [4.69, 9.17) is 4.42 Å². The Labute approximate surface area is 318 Å². The Kier molecular flexibility index (Phi) is 7.17. The van der Waals surface area contributed by atoms with Gasteiger partial charge in [-0.3, -0.25) is 0 Å². The summed E-state index contributed by atoms with van der Waals surface area (Å²) in [6.07, 6.45) is 0. The lowest BCUT2D eigenvalue weighted by Gasteiger charge is -2.28. The molecule has 0 atom stereocenters. The standard InChI is InChI=1S/C52H34N2O/c1-4-15-35(16-5-1)36-27-30-40(31-28-36)54(46-26-14-25-45-49(46)43-23-12-13-24-44(43)53(45)39-20-8-3-9-21-39)47-33-32-42(37-17-6-2-7-18-37)52-51(47)50-41-22-11-10-19-38(41)29-34-48(50)55-52/h1-34H. The van der Waals surface area contributed by atoms with Gasteiger partial charge in [-0.05, 0) is 88.1 Å². The number of benzene rings is 9. The Bertz CT molecular complexity index is 3180. The molecule has 0 aliphatic rings. The number of hydrogen-bond acceptors (Lipinski definition) is 2. The van der Waals surface area contributed by atoms with Crippen molar-refractivity contribution in [2.75, 3.05) is 4.90 Å². The van der Waals surface area contributed by atoms with E-state index in [0.717, 1.165) is 61.3 Å². The molecule has 11 rings (SSSR count). The minimum atomic E-state index is 0.872. The molecule has 0 saturated heterocycles. The number of hydrogen-bond donors (Lipinski definition) is 0. The second kappa shape index (κ2) is 12.6. The van der Waals surface area contributed by atoms with Gasteiger partial charge in [-0.15, -0.1) is 0 Å². The molecule has 9 aromatic carbocycles. The molecule has 55 heavy (non-hydrogen) atoms. The number of aromatic nitrogens is 1. The molecule has 0 radical (unpaired) electrons. The van der Waals surface area contributed by atoms with Crippen LogP contribution in [0, 0.1) is 0 Å². The van der Waals surface area contributed by atoms with E-state index < -0.39 is 0 Å². The third-order valence-corrected chi connectivity index (χ3v) is 11.0. The van der Waals surface area contributed by atoms with E-state index in [9.17, 15) is 0 Å². The summed E-state index contributed by atoms with van der Waals surface area (Å²) in [5.41, 5.74) is 13.0. The van der Waals surface area contributed by atoms with Crippen molar-refractivity contribution in [3.63, 3.8) is 0 Å². The fourth-order valence-corrected chi connectivity index (χ4v) is 8.54. The van der Waals surface area contributed by atoms with Crippen molar-refractivity contribution in [3.05, 3.63) is 206 Å². The summed E-state index contributed by atoms with van der Waals surface area (Å²) in [6.45, 7) is 0. The highest BCUT2D eigenvalue weighted by Gasteiger charge is 2.26. The van der Waals surface area contributed by atoms with Gasteiger partial charge in [-0.25, -0.2) is 0 Å². The van der Waals surface area contributed by atoms with Crippen molar-refractivity contribution in [3.8, 4) is 27.9 Å². The lowest BCUT2D eigenvalue weighted by molar-refractivity contribution is 0.670. The van der Waals surface area contributed by atoms with Gasteiger partial charge in [0.05, 0.1) is 27.8 Å². The zero-order valence-electron chi connectivity index (χ0n) is 29.9. The molecule has 11 aromatic rings. The summed E-state index contributed by atoms with van der Waals surface area (Å²) < 4.78 is 9.36. The van der Waals surface area contributed by atoms with E-state index >= 15 is 0 Å². The smallest absolute Gasteiger partial charge is 0.145 e. The van der Waals surface area contributed by atoms with Gasteiger partial charge in [0.1, 0.15) is 11.2 Å². The quantitative estimate of drug-likeness (QED) is 0.172. The van der Waals surface area contributed by atoms with Gasteiger partial charge in [0, 0.05) is 33.1 Å². The summed E-state index contributed by atoms with van der Waals surface area (Å²) in [5.74, 6) is 0. The molecule has 0 N–H and O–H groups in total. The van der Waals surface area contributed by atoms with Crippen LogP contribution < -0.4 is 4.90 Å². The summed E-state index contributed by atoms with van der Waals surface area (Å²) in [6, 6.07) is 73.8. The van der Waals surface area contributed by atoms with Crippen molar-refractivity contribution < 1.29 is 4.42 Å². The molecule has 2 heterocycles. The summed E-state index contributed by atoms with van der Waals surface area (Å²) >= 11 is 0. The third-order valence-electron chi connectivity index (χ3n) is 11.0. The van der Waals surface area contributed by atoms with Crippen molar-refractivity contribution in [1.82, 2.24) is 4.57 Å². The molecule has 0 aliphatic carbocycles. The average Bonchev–Trinajstić information content (AvgIpc) is 3.83. The molecule has 0 unspecified atom stereocenters. The maximum Gasteiger partial charge on any atom is 0.145 e. The van der Waals surface area contributed by atoms with Crippen LogP contribution >= 0.6 is 0 Å². The Morgan fingerprint density at radius 2 is 1.00 bits per heavy atom. The van der Waals surface area contributed by atoms with Crippen LogP contribution in [0.5, 0.6) is 0 Å². The van der Waals surface area contributed by atoms with Crippen LogP contribution in [0.2, 0.25) is 0 Å². The van der Waals surface area contributed by atoms with Crippen LogP contribution in [0.4, 0.5) is 17.1 Å². The van der Waals surface area contributed by atoms with Crippen LogP contribution in [0.3, 0.4) is 0 Å². The van der Waals surface area contributed by atoms with Crippen molar-refractivity contribution >= 4 is 71.6 Å². The molecular weight excluding hydrogens is 669 g/mol. The lowest BCUT2D eigenvalue weighted by Crippen LogP contribution is -2.11. The first kappa shape index (κ1) is 31.2. The predicted octanol–water partition coefficient (Wildman–Crippen LogP) is 14.6. The number of nitrogens with zero attached hydrogens (tertiary/aromatic N) is 2. The van der Waals surface area contributed by atoms with Crippen LogP contribution in [0.1, 0.15) is 0 Å². The molecule has 0 saturated carbocycles. The molecule has 0 spiro atoms. The van der Waals surface area contributed by atoms with Gasteiger partial charge in [0.15, 0.2) is 0 Å². The first-order chi connectivity index (χ1) is 27.3. The number of fused-ring (bicyclic) bond motifs is 8. The first-order valence-electron chi connectivity index (χ1n) is 18.8. The van der Waals surface area contributed by atoms with Gasteiger partial charge in [-0.2, -0.15) is 0 Å². The highest BCUT2D eigenvalue weighted by molar-refractivity contribution is 6.26. The highest BCUT2D eigenvalue weighted by Crippen LogP contribution is 2.50. The predicted molar refractivity (Wildman–Crippen MR) is 231 cm³/mol. The van der Waals surface area contributed by atoms with E-state index in [1.807, 2.05) is 0 Å². The van der Waals surface area contributed by atoms with E-state index in [1.54, 1.807) is 0 Å². The van der Waals surface area contributed by atoms with Gasteiger partial charge in [0.2, 0.25) is 0 Å². The van der Waals surface area contributed by atoms with E-state index in [2.05, 4.69) is 216 Å². The summed E-state index contributed by atoms with van der Waals surface area (Å²) in [5, 5.41) is 6.94. The monoisotopic (exact) mass is 702 g/mol. The number of furan rings is 1. The zero-order chi connectivity index (χ0) is 36.3. The Morgan fingerprint density at radius 3 is 1.78 bits per heavy atom. The Hall–Kier alpha value is -7.36. The normalized spacial score (nSPS) is 11.6. The molecule has 3 nitrogen and oxygen atoms in total. The van der Waals surface area contributed by atoms with E-state index in [1.165, 1.54) is 38.2 Å². The maximum atomic E-state index is 6.97. The Morgan fingerprint density at radius 1 is 0.382 bits per heavy atom. The van der Waals surface area contributed by atoms with Crippen LogP contribution in [0.25, 0.3) is 82.5 Å². The van der Waals surface area contributed by atoms with Crippen molar-refractivity contribution in [2.24, 2.45) is 0 Å². The van der Waals surface area contributed by atoms with Gasteiger partial charge < -0.3 is 13.9 Å². The second-order valence-corrected chi connectivity index (χ2v) is 14.1. The topological polar surface area (TPSA) is 21.3 Å². The van der Waals surface area contributed by atoms with Crippen LogP contribution in [-0.2, 0) is 0 Å². The minimum Gasteiger partial charge on any atom is -0.455 e. The summed E-state index contributed by atoms with van der Waals surface area (Å²) in [7, 11) is 0. The molecule has 0 fully saturated rings. The first-order valence-corrected chi connectivity index (χ1v) is 18.8.